The first kappa shape index (κ1) is 27.4. The van der Waals surface area contributed by atoms with Gasteiger partial charge in [0, 0.05) is 36.1 Å². The fourth-order valence-electron chi connectivity index (χ4n) is 5.07. The van der Waals surface area contributed by atoms with E-state index in [1.807, 2.05) is 30.5 Å². The van der Waals surface area contributed by atoms with Crippen LogP contribution in [-0.2, 0) is 20.8 Å². The van der Waals surface area contributed by atoms with E-state index in [-0.39, 0.29) is 13.0 Å². The summed E-state index contributed by atoms with van der Waals surface area (Å²) in [7, 11) is 2.98. The summed E-state index contributed by atoms with van der Waals surface area (Å²) < 4.78 is 15.7. The molecule has 10 nitrogen and oxygen atoms in total. The number of hydrogen-bond donors (Lipinski definition) is 1. The minimum Gasteiger partial charge on any atom is -0.493 e. The predicted octanol–water partition coefficient (Wildman–Crippen LogP) is 4.13. The van der Waals surface area contributed by atoms with Crippen molar-refractivity contribution >= 4 is 40.3 Å². The molecule has 2 heterocycles. The average Bonchev–Trinajstić information content (AvgIpc) is 3.52. The number of carbonyl (C=O) groups excluding carboxylic acids is 4. The van der Waals surface area contributed by atoms with E-state index in [1.165, 1.54) is 50.3 Å². The molecule has 0 radical (unpaired) electrons. The van der Waals surface area contributed by atoms with Gasteiger partial charge in [-0.1, -0.05) is 18.2 Å². The predicted molar refractivity (Wildman–Crippen MR) is 151 cm³/mol. The Kier molecular flexibility index (Phi) is 7.73. The Bertz CT molecular complexity index is 1630. The number of para-hydroxylation sites is 1. The van der Waals surface area contributed by atoms with Gasteiger partial charge in [-0.25, -0.2) is 4.90 Å². The number of H-pyrrole nitrogens is 1. The highest BCUT2D eigenvalue weighted by atomic mass is 16.5. The van der Waals surface area contributed by atoms with Crippen molar-refractivity contribution in [1.82, 2.24) is 9.88 Å². The number of hydrogen-bond acceptors (Lipinski definition) is 7. The zero-order valence-electron chi connectivity index (χ0n) is 22.9. The molecule has 3 amide bonds. The molecular weight excluding hydrogens is 526 g/mol. The normalized spacial score (nSPS) is 14.8. The molecule has 0 saturated carbocycles. The number of nitrogens with zero attached hydrogens (tertiary/aromatic N) is 2. The second-order valence-electron chi connectivity index (χ2n) is 9.55. The van der Waals surface area contributed by atoms with E-state index in [2.05, 4.69) is 4.98 Å². The van der Waals surface area contributed by atoms with Crippen molar-refractivity contribution < 1.29 is 33.4 Å². The highest BCUT2D eigenvalue weighted by Gasteiger charge is 2.44. The molecular formula is C31H29N3O7. The molecule has 1 unspecified atom stereocenters. The number of carbonyl (C=O) groups is 4. The number of anilines is 1. The molecule has 4 aromatic rings. The van der Waals surface area contributed by atoms with E-state index in [9.17, 15) is 19.2 Å². The number of fused-ring (bicyclic) bond motifs is 1. The van der Waals surface area contributed by atoms with Crippen molar-refractivity contribution in [2.24, 2.45) is 0 Å². The lowest BCUT2D eigenvalue weighted by Gasteiger charge is -2.28. The standard InChI is InChI=1S/C31H29N3O7/c1-19(35)41-23-11-9-22(10-12-23)34-29(36)17-26(31(34)38)33(15-14-21-18-32-25-7-5-4-6-24(21)25)30(37)20-8-13-27(39-2)28(16-20)40-3/h4-13,16,18,26,32H,14-15,17H2,1-3H3. The topological polar surface area (TPSA) is 118 Å². The van der Waals surface area contributed by atoms with Crippen molar-refractivity contribution in [2.45, 2.75) is 25.8 Å². The van der Waals surface area contributed by atoms with E-state index in [4.69, 9.17) is 14.2 Å². The monoisotopic (exact) mass is 555 g/mol. The number of amides is 3. The molecule has 10 heteroatoms. The van der Waals surface area contributed by atoms with Crippen molar-refractivity contribution in [3.05, 3.63) is 84.1 Å². The first-order chi connectivity index (χ1) is 19.8. The van der Waals surface area contributed by atoms with Crippen LogP contribution in [0.3, 0.4) is 0 Å². The van der Waals surface area contributed by atoms with Crippen molar-refractivity contribution in [3.8, 4) is 17.2 Å². The van der Waals surface area contributed by atoms with Crippen molar-refractivity contribution in [2.75, 3.05) is 25.7 Å². The molecule has 1 aliphatic heterocycles. The molecule has 3 aromatic carbocycles. The highest BCUT2D eigenvalue weighted by molar-refractivity contribution is 6.23. The van der Waals surface area contributed by atoms with E-state index in [0.29, 0.717) is 34.9 Å². The number of nitrogens with one attached hydrogen (secondary N) is 1. The third-order valence-electron chi connectivity index (χ3n) is 7.04. The molecule has 0 bridgehead atoms. The van der Waals surface area contributed by atoms with Crippen molar-refractivity contribution in [3.63, 3.8) is 0 Å². The Balaban J connectivity index is 1.46. The largest absolute Gasteiger partial charge is 0.493 e. The third kappa shape index (κ3) is 5.49. The lowest BCUT2D eigenvalue weighted by Crippen LogP contribution is -2.46. The fraction of sp³-hybridized carbons (Fsp3) is 0.226. The maximum Gasteiger partial charge on any atom is 0.308 e. The van der Waals surface area contributed by atoms with Crippen LogP contribution >= 0.6 is 0 Å². The Morgan fingerprint density at radius 2 is 1.71 bits per heavy atom. The number of aromatic nitrogens is 1. The van der Waals surface area contributed by atoms with Gasteiger partial charge in [0.15, 0.2) is 11.5 Å². The Labute approximate surface area is 236 Å². The quantitative estimate of drug-likeness (QED) is 0.187. The van der Waals surface area contributed by atoms with Gasteiger partial charge in [-0.05, 0) is 60.5 Å². The lowest BCUT2D eigenvalue weighted by molar-refractivity contribution is -0.132. The third-order valence-corrected chi connectivity index (χ3v) is 7.04. The van der Waals surface area contributed by atoms with Gasteiger partial charge >= 0.3 is 5.97 Å². The minimum atomic E-state index is -1.01. The maximum absolute atomic E-state index is 14.0. The van der Waals surface area contributed by atoms with Crippen LogP contribution in [0, 0.1) is 0 Å². The smallest absolute Gasteiger partial charge is 0.308 e. The summed E-state index contributed by atoms with van der Waals surface area (Å²) in [6.07, 6.45) is 2.18. The van der Waals surface area contributed by atoms with Crippen LogP contribution in [0.4, 0.5) is 5.69 Å². The molecule has 0 spiro atoms. The molecule has 1 fully saturated rings. The van der Waals surface area contributed by atoms with E-state index in [0.717, 1.165) is 21.4 Å². The first-order valence-electron chi connectivity index (χ1n) is 13.0. The summed E-state index contributed by atoms with van der Waals surface area (Å²) in [5.74, 6) is -0.709. The van der Waals surface area contributed by atoms with Crippen LogP contribution in [0.2, 0.25) is 0 Å². The summed E-state index contributed by atoms with van der Waals surface area (Å²) in [4.78, 5) is 57.9. The number of ether oxygens (including phenoxy) is 3. The Hall–Kier alpha value is -5.12. The number of esters is 1. The summed E-state index contributed by atoms with van der Waals surface area (Å²) in [6.45, 7) is 1.48. The zero-order chi connectivity index (χ0) is 29.1. The van der Waals surface area contributed by atoms with E-state index >= 15 is 0 Å². The van der Waals surface area contributed by atoms with E-state index < -0.39 is 29.7 Å². The number of aromatic amines is 1. The molecule has 1 N–H and O–H groups in total. The first-order valence-corrected chi connectivity index (χ1v) is 13.0. The number of methoxy groups -OCH3 is 2. The van der Waals surface area contributed by atoms with Crippen LogP contribution in [0.5, 0.6) is 17.2 Å². The lowest BCUT2D eigenvalue weighted by atomic mass is 10.1. The van der Waals surface area contributed by atoms with Crippen LogP contribution in [0.15, 0.2) is 72.9 Å². The van der Waals surface area contributed by atoms with Crippen LogP contribution in [0.1, 0.15) is 29.3 Å². The maximum atomic E-state index is 14.0. The zero-order valence-corrected chi connectivity index (χ0v) is 22.9. The van der Waals surface area contributed by atoms with Gasteiger partial charge in [-0.3, -0.25) is 19.2 Å². The second kappa shape index (κ2) is 11.5. The van der Waals surface area contributed by atoms with Gasteiger partial charge in [0.1, 0.15) is 11.8 Å². The summed E-state index contributed by atoms with van der Waals surface area (Å²) in [5.41, 5.74) is 2.58. The molecule has 1 aliphatic rings. The molecule has 1 aromatic heterocycles. The van der Waals surface area contributed by atoms with Gasteiger partial charge in [-0.2, -0.15) is 0 Å². The van der Waals surface area contributed by atoms with Crippen LogP contribution in [0.25, 0.3) is 10.9 Å². The number of benzene rings is 3. The molecule has 1 saturated heterocycles. The Morgan fingerprint density at radius 1 is 0.976 bits per heavy atom. The van der Waals surface area contributed by atoms with Crippen LogP contribution in [-0.4, -0.2) is 60.4 Å². The molecule has 0 aliphatic carbocycles. The van der Waals surface area contributed by atoms with E-state index in [1.54, 1.807) is 18.2 Å². The molecule has 41 heavy (non-hydrogen) atoms. The minimum absolute atomic E-state index is 0.169. The summed E-state index contributed by atoms with van der Waals surface area (Å²) in [5, 5.41) is 1.02. The van der Waals surface area contributed by atoms with Crippen LogP contribution < -0.4 is 19.1 Å². The molecule has 210 valence electrons. The van der Waals surface area contributed by atoms with Gasteiger partial charge in [0.25, 0.3) is 11.8 Å². The highest BCUT2D eigenvalue weighted by Crippen LogP contribution is 2.31. The number of rotatable bonds is 9. The van der Waals surface area contributed by atoms with Gasteiger partial charge in [0.2, 0.25) is 5.91 Å². The SMILES string of the molecule is COc1ccc(C(=O)N(CCc2c[nH]c3ccccc23)C2CC(=O)N(c3ccc(OC(C)=O)cc3)C2=O)cc1OC. The molecule has 1 atom stereocenters. The van der Waals surface area contributed by atoms with Crippen molar-refractivity contribution in [1.29, 1.82) is 0 Å². The Morgan fingerprint density at radius 3 is 2.41 bits per heavy atom. The summed E-state index contributed by atoms with van der Waals surface area (Å²) >= 11 is 0. The van der Waals surface area contributed by atoms with Gasteiger partial charge in [-0.15, -0.1) is 0 Å². The fourth-order valence-corrected chi connectivity index (χ4v) is 5.07. The second-order valence-corrected chi connectivity index (χ2v) is 9.55. The number of imide groups is 1. The van der Waals surface area contributed by atoms with Gasteiger partial charge < -0.3 is 24.1 Å². The summed E-state index contributed by atoms with van der Waals surface area (Å²) in [6, 6.07) is 17.7. The van der Waals surface area contributed by atoms with Gasteiger partial charge in [0.05, 0.1) is 26.3 Å². The average molecular weight is 556 g/mol. The molecule has 5 rings (SSSR count).